The van der Waals surface area contributed by atoms with E-state index in [2.05, 4.69) is 38.0 Å². The molecule has 6 heteroatoms. The molecule has 1 aliphatic heterocycles. The SMILES string of the molecule is C=C(C=C(OCCCC)C(C)(C)COC)NC(=O)C(C)(C)NC1CCOCC1. The molecule has 0 unspecified atom stereocenters. The Labute approximate surface area is 171 Å². The standard InChI is InChI=1S/C22H40N2O4/c1-8-9-12-28-19(21(3,4)16-26-7)15-17(2)23-20(25)22(5,6)24-18-10-13-27-14-11-18/h15,18,24H,2,8-14,16H2,1,3-7H3,(H,23,25). The van der Waals surface area contributed by atoms with Crippen LogP contribution in [0.1, 0.15) is 60.3 Å². The van der Waals surface area contributed by atoms with E-state index >= 15 is 0 Å². The van der Waals surface area contributed by atoms with E-state index in [-0.39, 0.29) is 17.4 Å². The minimum atomic E-state index is -0.704. The summed E-state index contributed by atoms with van der Waals surface area (Å²) in [6.07, 6.45) is 5.68. The molecule has 1 aliphatic rings. The molecular formula is C22H40N2O4. The number of unbranched alkanes of at least 4 members (excludes halogenated alkanes) is 1. The monoisotopic (exact) mass is 396 g/mol. The first-order valence-electron chi connectivity index (χ1n) is 10.3. The average Bonchev–Trinajstić information content (AvgIpc) is 2.61. The maximum Gasteiger partial charge on any atom is 0.244 e. The number of amides is 1. The minimum Gasteiger partial charge on any atom is -0.497 e. The average molecular weight is 397 g/mol. The second kappa shape index (κ2) is 11.6. The zero-order valence-corrected chi connectivity index (χ0v) is 18.7. The second-order valence-corrected chi connectivity index (χ2v) is 8.66. The molecule has 0 aromatic carbocycles. The normalized spacial score (nSPS) is 16.7. The van der Waals surface area contributed by atoms with Crippen LogP contribution in [0.2, 0.25) is 0 Å². The number of carbonyl (C=O) groups excluding carboxylic acids is 1. The number of rotatable bonds is 12. The predicted octanol–water partition coefficient (Wildman–Crippen LogP) is 3.54. The van der Waals surface area contributed by atoms with E-state index in [1.54, 1.807) is 7.11 Å². The maximum atomic E-state index is 12.8. The highest BCUT2D eigenvalue weighted by atomic mass is 16.5. The van der Waals surface area contributed by atoms with E-state index in [1.165, 1.54) is 0 Å². The van der Waals surface area contributed by atoms with Crippen molar-refractivity contribution in [3.05, 3.63) is 24.1 Å². The summed E-state index contributed by atoms with van der Waals surface area (Å²) in [5.41, 5.74) is -0.502. The summed E-state index contributed by atoms with van der Waals surface area (Å²) in [5.74, 6) is 0.654. The van der Waals surface area contributed by atoms with Gasteiger partial charge in [0.25, 0.3) is 0 Å². The van der Waals surface area contributed by atoms with Crippen molar-refractivity contribution >= 4 is 5.91 Å². The van der Waals surface area contributed by atoms with Crippen LogP contribution in [0.5, 0.6) is 0 Å². The van der Waals surface area contributed by atoms with Gasteiger partial charge in [-0.15, -0.1) is 0 Å². The minimum absolute atomic E-state index is 0.113. The molecule has 0 aromatic heterocycles. The van der Waals surface area contributed by atoms with Crippen molar-refractivity contribution in [3.63, 3.8) is 0 Å². The van der Waals surface area contributed by atoms with Gasteiger partial charge in [0.1, 0.15) is 5.76 Å². The summed E-state index contributed by atoms with van der Waals surface area (Å²) in [4.78, 5) is 12.8. The molecule has 1 amide bonds. The predicted molar refractivity (Wildman–Crippen MR) is 113 cm³/mol. The van der Waals surface area contributed by atoms with Gasteiger partial charge >= 0.3 is 0 Å². The third-order valence-corrected chi connectivity index (χ3v) is 4.86. The van der Waals surface area contributed by atoms with Crippen LogP contribution in [-0.2, 0) is 19.0 Å². The van der Waals surface area contributed by atoms with Gasteiger partial charge in [-0.2, -0.15) is 0 Å². The van der Waals surface area contributed by atoms with Crippen molar-refractivity contribution in [1.82, 2.24) is 10.6 Å². The maximum absolute atomic E-state index is 12.8. The second-order valence-electron chi connectivity index (χ2n) is 8.66. The molecule has 1 saturated heterocycles. The topological polar surface area (TPSA) is 68.8 Å². The van der Waals surface area contributed by atoms with Crippen LogP contribution in [0.3, 0.4) is 0 Å². The number of hydrogen-bond donors (Lipinski definition) is 2. The Hall–Kier alpha value is -1.37. The third kappa shape index (κ3) is 8.33. The molecule has 0 atom stereocenters. The van der Waals surface area contributed by atoms with Crippen LogP contribution in [0.25, 0.3) is 0 Å². The summed E-state index contributed by atoms with van der Waals surface area (Å²) in [6, 6.07) is 0.284. The van der Waals surface area contributed by atoms with Crippen LogP contribution in [0.15, 0.2) is 24.1 Å². The summed E-state index contributed by atoms with van der Waals surface area (Å²) in [6.45, 7) is 16.7. The number of ether oxygens (including phenoxy) is 3. The number of methoxy groups -OCH3 is 1. The number of hydrogen-bond acceptors (Lipinski definition) is 5. The van der Waals surface area contributed by atoms with E-state index in [1.807, 2.05) is 19.9 Å². The van der Waals surface area contributed by atoms with Gasteiger partial charge in [0.2, 0.25) is 5.91 Å². The van der Waals surface area contributed by atoms with Crippen molar-refractivity contribution in [2.45, 2.75) is 71.9 Å². The molecule has 162 valence electrons. The Kier molecular flexibility index (Phi) is 10.2. The first-order chi connectivity index (χ1) is 13.1. The zero-order chi connectivity index (χ0) is 21.2. The molecule has 0 bridgehead atoms. The lowest BCUT2D eigenvalue weighted by Crippen LogP contribution is -2.56. The van der Waals surface area contributed by atoms with Gasteiger partial charge in [-0.3, -0.25) is 4.79 Å². The smallest absolute Gasteiger partial charge is 0.244 e. The fourth-order valence-electron chi connectivity index (χ4n) is 3.11. The Bertz CT molecular complexity index is 535. The summed E-state index contributed by atoms with van der Waals surface area (Å²) >= 11 is 0. The molecule has 0 radical (unpaired) electrons. The van der Waals surface area contributed by atoms with E-state index in [4.69, 9.17) is 14.2 Å². The lowest BCUT2D eigenvalue weighted by Gasteiger charge is -2.33. The van der Waals surface area contributed by atoms with Crippen LogP contribution in [0, 0.1) is 5.41 Å². The highest BCUT2D eigenvalue weighted by molar-refractivity contribution is 5.87. The van der Waals surface area contributed by atoms with Gasteiger partial charge in [-0.1, -0.05) is 33.8 Å². The quantitative estimate of drug-likeness (QED) is 0.300. The fraction of sp³-hybridized carbons (Fsp3) is 0.773. The number of nitrogens with one attached hydrogen (secondary N) is 2. The largest absolute Gasteiger partial charge is 0.497 e. The molecule has 0 aliphatic carbocycles. The van der Waals surface area contributed by atoms with E-state index < -0.39 is 5.54 Å². The van der Waals surface area contributed by atoms with Crippen LogP contribution in [0.4, 0.5) is 0 Å². The molecule has 28 heavy (non-hydrogen) atoms. The Morgan fingerprint density at radius 2 is 1.89 bits per heavy atom. The summed E-state index contributed by atoms with van der Waals surface area (Å²) in [7, 11) is 1.67. The third-order valence-electron chi connectivity index (χ3n) is 4.86. The van der Waals surface area contributed by atoms with E-state index in [0.717, 1.165) is 44.7 Å². The molecule has 1 fully saturated rings. The molecule has 2 N–H and O–H groups in total. The van der Waals surface area contributed by atoms with Gasteiger partial charge in [0, 0.05) is 37.5 Å². The molecular weight excluding hydrogens is 356 g/mol. The van der Waals surface area contributed by atoms with E-state index in [9.17, 15) is 4.79 Å². The lowest BCUT2D eigenvalue weighted by atomic mass is 9.91. The number of carbonyl (C=O) groups is 1. The van der Waals surface area contributed by atoms with Crippen LogP contribution < -0.4 is 10.6 Å². The first kappa shape index (κ1) is 24.7. The highest BCUT2D eigenvalue weighted by Crippen LogP contribution is 2.28. The Morgan fingerprint density at radius 3 is 2.46 bits per heavy atom. The lowest BCUT2D eigenvalue weighted by molar-refractivity contribution is -0.126. The van der Waals surface area contributed by atoms with Gasteiger partial charge in [-0.25, -0.2) is 0 Å². The highest BCUT2D eigenvalue weighted by Gasteiger charge is 2.31. The Balaban J connectivity index is 2.77. The number of allylic oxidation sites excluding steroid dienone is 1. The Morgan fingerprint density at radius 1 is 1.25 bits per heavy atom. The summed E-state index contributed by atoms with van der Waals surface area (Å²) < 4.78 is 16.7. The molecule has 0 spiro atoms. The van der Waals surface area contributed by atoms with Crippen LogP contribution >= 0.6 is 0 Å². The van der Waals surface area contributed by atoms with Crippen molar-refractivity contribution in [3.8, 4) is 0 Å². The van der Waals surface area contributed by atoms with E-state index in [0.29, 0.717) is 18.9 Å². The van der Waals surface area contributed by atoms with Gasteiger partial charge < -0.3 is 24.8 Å². The van der Waals surface area contributed by atoms with Gasteiger partial charge in [0.05, 0.1) is 18.8 Å². The van der Waals surface area contributed by atoms with Gasteiger partial charge in [0.15, 0.2) is 0 Å². The van der Waals surface area contributed by atoms with Crippen molar-refractivity contribution < 1.29 is 19.0 Å². The molecule has 0 saturated carbocycles. The van der Waals surface area contributed by atoms with Gasteiger partial charge in [-0.05, 0) is 39.2 Å². The van der Waals surface area contributed by atoms with Crippen molar-refractivity contribution in [2.75, 3.05) is 33.5 Å². The summed E-state index contributed by atoms with van der Waals surface area (Å²) in [5, 5.41) is 6.36. The van der Waals surface area contributed by atoms with Crippen molar-refractivity contribution in [2.24, 2.45) is 5.41 Å². The molecule has 0 aromatic rings. The van der Waals surface area contributed by atoms with Crippen molar-refractivity contribution in [1.29, 1.82) is 0 Å². The zero-order valence-electron chi connectivity index (χ0n) is 18.7. The first-order valence-corrected chi connectivity index (χ1v) is 10.3. The van der Waals surface area contributed by atoms with Crippen LogP contribution in [-0.4, -0.2) is 51.0 Å². The molecule has 1 rings (SSSR count). The molecule has 1 heterocycles. The molecule has 6 nitrogen and oxygen atoms in total. The fourth-order valence-corrected chi connectivity index (χ4v) is 3.11.